The summed E-state index contributed by atoms with van der Waals surface area (Å²) in [6.07, 6.45) is 3.55. The van der Waals surface area contributed by atoms with Gasteiger partial charge in [-0.05, 0) is 49.6 Å². The molecule has 0 saturated carbocycles. The van der Waals surface area contributed by atoms with Gasteiger partial charge in [0.05, 0.1) is 19.3 Å². The second-order valence-electron chi connectivity index (χ2n) is 8.79. The fourth-order valence-electron chi connectivity index (χ4n) is 4.69. The molecule has 4 rings (SSSR count). The lowest BCUT2D eigenvalue weighted by atomic mass is 9.98. The van der Waals surface area contributed by atoms with Crippen LogP contribution in [0.1, 0.15) is 37.3 Å². The van der Waals surface area contributed by atoms with Gasteiger partial charge in [0.15, 0.2) is 5.96 Å². The second-order valence-corrected chi connectivity index (χ2v) is 8.79. The summed E-state index contributed by atoms with van der Waals surface area (Å²) in [5.74, 6) is 3.37. The number of morpholine rings is 1. The first-order valence-electron chi connectivity index (χ1n) is 11.5. The van der Waals surface area contributed by atoms with Gasteiger partial charge >= 0.3 is 0 Å². The van der Waals surface area contributed by atoms with E-state index >= 15 is 0 Å². The Balaban J connectivity index is 1.30. The predicted octanol–water partition coefficient (Wildman–Crippen LogP) is 3.27. The van der Waals surface area contributed by atoms with Gasteiger partial charge in [-0.1, -0.05) is 18.2 Å². The number of rotatable bonds is 5. The molecule has 0 amide bonds. The minimum Gasteiger partial charge on any atom is -0.497 e. The highest BCUT2D eigenvalue weighted by Crippen LogP contribution is 2.28. The number of guanidine groups is 1. The van der Waals surface area contributed by atoms with Crippen LogP contribution in [-0.4, -0.2) is 68.4 Å². The molecule has 172 valence electrons. The number of nitrogens with one attached hydrogen (secondary N) is 1. The second kappa shape index (κ2) is 10.2. The molecule has 2 aromatic rings. The molecule has 1 aromatic carbocycles. The first-order chi connectivity index (χ1) is 15.6. The fraction of sp³-hybridized carbons (Fsp3) is 0.520. The highest BCUT2D eigenvalue weighted by Gasteiger charge is 2.26. The van der Waals surface area contributed by atoms with Crippen molar-refractivity contribution in [3.63, 3.8) is 0 Å². The number of aromatic nitrogens is 1. The Labute approximate surface area is 191 Å². The van der Waals surface area contributed by atoms with Crippen LogP contribution in [0.4, 0.5) is 5.82 Å². The van der Waals surface area contributed by atoms with Crippen molar-refractivity contribution in [3.05, 3.63) is 53.7 Å². The molecule has 2 aliphatic rings. The molecule has 3 unspecified atom stereocenters. The maximum atomic E-state index is 5.83. The van der Waals surface area contributed by atoms with Gasteiger partial charge in [0.2, 0.25) is 0 Å². The number of hydrogen-bond donors (Lipinski definition) is 1. The topological polar surface area (TPSA) is 62.2 Å². The summed E-state index contributed by atoms with van der Waals surface area (Å²) in [4.78, 5) is 13.9. The molecule has 3 atom stereocenters. The first kappa shape index (κ1) is 22.4. The number of nitrogens with zero attached hydrogens (tertiary/aromatic N) is 4. The normalized spacial score (nSPS) is 24.0. The summed E-state index contributed by atoms with van der Waals surface area (Å²) in [7, 11) is 3.56. The van der Waals surface area contributed by atoms with Gasteiger partial charge in [0.1, 0.15) is 11.6 Å². The van der Waals surface area contributed by atoms with Crippen LogP contribution < -0.4 is 15.0 Å². The molecule has 2 saturated heterocycles. The maximum Gasteiger partial charge on any atom is 0.193 e. The number of likely N-dealkylation sites (tertiary alicyclic amines) is 1. The lowest BCUT2D eigenvalue weighted by molar-refractivity contribution is -0.00545. The molecule has 7 heteroatoms. The van der Waals surface area contributed by atoms with Gasteiger partial charge in [-0.25, -0.2) is 4.98 Å². The van der Waals surface area contributed by atoms with Crippen LogP contribution in [0.15, 0.2) is 47.6 Å². The number of hydrogen-bond acceptors (Lipinski definition) is 5. The highest BCUT2D eigenvalue weighted by atomic mass is 16.5. The summed E-state index contributed by atoms with van der Waals surface area (Å²) < 4.78 is 11.1. The molecular weight excluding hydrogens is 402 g/mol. The molecule has 3 heterocycles. The molecular formula is C25H35N5O2. The van der Waals surface area contributed by atoms with E-state index in [0.29, 0.717) is 12.5 Å². The Morgan fingerprint density at radius 3 is 2.50 bits per heavy atom. The predicted molar refractivity (Wildman–Crippen MR) is 129 cm³/mol. The van der Waals surface area contributed by atoms with Crippen molar-refractivity contribution < 1.29 is 9.47 Å². The first-order valence-corrected chi connectivity index (χ1v) is 11.5. The zero-order valence-electron chi connectivity index (χ0n) is 19.6. The monoisotopic (exact) mass is 437 g/mol. The lowest BCUT2D eigenvalue weighted by Gasteiger charge is -2.36. The third kappa shape index (κ3) is 5.33. The van der Waals surface area contributed by atoms with Gasteiger partial charge in [0.25, 0.3) is 0 Å². The summed E-state index contributed by atoms with van der Waals surface area (Å²) in [5, 5.41) is 3.51. The fourth-order valence-corrected chi connectivity index (χ4v) is 4.69. The molecule has 0 aliphatic carbocycles. The number of aliphatic imine (C=N–C) groups is 1. The van der Waals surface area contributed by atoms with Crippen molar-refractivity contribution in [1.29, 1.82) is 0 Å². The lowest BCUT2D eigenvalue weighted by Crippen LogP contribution is -2.45. The molecule has 7 nitrogen and oxygen atoms in total. The molecule has 1 aromatic heterocycles. The van der Waals surface area contributed by atoms with Crippen molar-refractivity contribution in [2.75, 3.05) is 45.2 Å². The average Bonchev–Trinajstić information content (AvgIpc) is 3.29. The van der Waals surface area contributed by atoms with Gasteiger partial charge in [-0.2, -0.15) is 0 Å². The largest absolute Gasteiger partial charge is 0.497 e. The maximum absolute atomic E-state index is 5.83. The van der Waals surface area contributed by atoms with Crippen molar-refractivity contribution in [1.82, 2.24) is 15.2 Å². The third-order valence-corrected chi connectivity index (χ3v) is 6.29. The Morgan fingerprint density at radius 2 is 1.88 bits per heavy atom. The zero-order valence-corrected chi connectivity index (χ0v) is 19.6. The van der Waals surface area contributed by atoms with Crippen LogP contribution in [0.3, 0.4) is 0 Å². The molecule has 0 radical (unpaired) electrons. The SMILES string of the molecule is CN=C(NCc1ccc(N2CC(C)OC(C)C2)nc1)N1CCC(c2ccc(OC)cc2)C1. The quantitative estimate of drug-likeness (QED) is 0.572. The van der Waals surface area contributed by atoms with Crippen molar-refractivity contribution in [2.45, 2.75) is 44.9 Å². The van der Waals surface area contributed by atoms with E-state index in [2.05, 4.69) is 58.2 Å². The Morgan fingerprint density at radius 1 is 1.12 bits per heavy atom. The number of ether oxygens (including phenoxy) is 2. The van der Waals surface area contributed by atoms with E-state index in [0.717, 1.165) is 55.7 Å². The zero-order chi connectivity index (χ0) is 22.5. The number of benzene rings is 1. The minimum absolute atomic E-state index is 0.229. The van der Waals surface area contributed by atoms with Crippen LogP contribution in [0.25, 0.3) is 0 Å². The Hall–Kier alpha value is -2.80. The summed E-state index contributed by atoms with van der Waals surface area (Å²) >= 11 is 0. The smallest absolute Gasteiger partial charge is 0.193 e. The molecule has 0 spiro atoms. The van der Waals surface area contributed by atoms with Crippen LogP contribution in [0.2, 0.25) is 0 Å². The minimum atomic E-state index is 0.229. The van der Waals surface area contributed by atoms with Crippen LogP contribution in [-0.2, 0) is 11.3 Å². The molecule has 32 heavy (non-hydrogen) atoms. The van der Waals surface area contributed by atoms with E-state index in [1.807, 2.05) is 25.4 Å². The molecule has 0 bridgehead atoms. The van der Waals surface area contributed by atoms with E-state index in [4.69, 9.17) is 14.5 Å². The van der Waals surface area contributed by atoms with E-state index in [1.54, 1.807) is 7.11 Å². The third-order valence-electron chi connectivity index (χ3n) is 6.29. The van der Waals surface area contributed by atoms with E-state index in [1.165, 1.54) is 5.56 Å². The van der Waals surface area contributed by atoms with Gasteiger partial charge in [0, 0.05) is 51.9 Å². The number of anilines is 1. The van der Waals surface area contributed by atoms with E-state index in [9.17, 15) is 0 Å². The molecule has 1 N–H and O–H groups in total. The van der Waals surface area contributed by atoms with Crippen LogP contribution in [0, 0.1) is 0 Å². The number of pyridine rings is 1. The highest BCUT2D eigenvalue weighted by molar-refractivity contribution is 5.80. The Bertz CT molecular complexity index is 890. The van der Waals surface area contributed by atoms with Crippen molar-refractivity contribution in [2.24, 2.45) is 4.99 Å². The molecule has 2 aliphatic heterocycles. The standard InChI is InChI=1S/C25H35N5O2/c1-18-15-30(16-19(2)32-18)24-10-5-20(13-27-24)14-28-25(26-3)29-12-11-22(17-29)21-6-8-23(31-4)9-7-21/h5-10,13,18-19,22H,11-12,14-17H2,1-4H3,(H,26,28). The van der Waals surface area contributed by atoms with Crippen LogP contribution >= 0.6 is 0 Å². The van der Waals surface area contributed by atoms with E-state index < -0.39 is 0 Å². The van der Waals surface area contributed by atoms with Crippen LogP contribution in [0.5, 0.6) is 5.75 Å². The summed E-state index contributed by atoms with van der Waals surface area (Å²) in [5.41, 5.74) is 2.51. The summed E-state index contributed by atoms with van der Waals surface area (Å²) in [6.45, 7) is 8.67. The van der Waals surface area contributed by atoms with Crippen molar-refractivity contribution in [3.8, 4) is 5.75 Å². The van der Waals surface area contributed by atoms with E-state index in [-0.39, 0.29) is 12.2 Å². The Kier molecular flexibility index (Phi) is 7.15. The summed E-state index contributed by atoms with van der Waals surface area (Å²) in [6, 6.07) is 12.7. The van der Waals surface area contributed by atoms with Gasteiger partial charge in [-0.15, -0.1) is 0 Å². The number of methoxy groups -OCH3 is 1. The van der Waals surface area contributed by atoms with Gasteiger partial charge < -0.3 is 24.6 Å². The average molecular weight is 438 g/mol. The van der Waals surface area contributed by atoms with Gasteiger partial charge in [-0.3, -0.25) is 4.99 Å². The molecule has 2 fully saturated rings. The van der Waals surface area contributed by atoms with Crippen molar-refractivity contribution >= 4 is 11.8 Å².